The van der Waals surface area contributed by atoms with Gasteiger partial charge in [0.25, 0.3) is 5.91 Å². The Kier molecular flexibility index (Phi) is 15.7. The van der Waals surface area contributed by atoms with Gasteiger partial charge < -0.3 is 25.2 Å². The normalized spacial score (nSPS) is 16.8. The third-order valence-corrected chi connectivity index (χ3v) is 15.6. The summed E-state index contributed by atoms with van der Waals surface area (Å²) >= 11 is 0. The Morgan fingerprint density at radius 2 is 1.57 bits per heavy atom. The molecule has 0 aliphatic heterocycles. The maximum atomic E-state index is 15.8. The number of phosphoric acid groups is 1. The van der Waals surface area contributed by atoms with Crippen molar-refractivity contribution in [3.63, 3.8) is 0 Å². The highest BCUT2D eigenvalue weighted by atomic mass is 32.2. The molecule has 2 aliphatic carbocycles. The number of hydrogen-bond acceptors (Lipinski definition) is 13. The summed E-state index contributed by atoms with van der Waals surface area (Å²) in [6.07, 6.45) is -11.6. The molecule has 0 bridgehead atoms. The van der Waals surface area contributed by atoms with E-state index < -0.39 is 175 Å². The minimum atomic E-state index is -5.33. The van der Waals surface area contributed by atoms with Crippen molar-refractivity contribution in [2.45, 2.75) is 88.2 Å². The summed E-state index contributed by atoms with van der Waals surface area (Å²) in [4.78, 5) is 63.1. The van der Waals surface area contributed by atoms with Crippen LogP contribution in [0.15, 0.2) is 42.5 Å². The molecular formula is C46H41F10N8O12PS2. The molecule has 4 atom stereocenters. The number of sulfonamides is 1. The molecule has 0 saturated heterocycles. The molecule has 0 fully saturated rings. The largest absolute Gasteiger partial charge is 0.472 e. The Labute approximate surface area is 441 Å². The predicted octanol–water partition coefficient (Wildman–Crippen LogP) is 6.03. The molecule has 2 aromatic carbocycles. The molecule has 0 spiro atoms. The van der Waals surface area contributed by atoms with E-state index in [-0.39, 0.29) is 36.1 Å². The summed E-state index contributed by atoms with van der Waals surface area (Å²) in [5.74, 6) is -4.55. The lowest BCUT2D eigenvalue weighted by Gasteiger charge is -2.24. The second-order valence-electron chi connectivity index (χ2n) is 18.5. The quantitative estimate of drug-likeness (QED) is 0.0380. The van der Waals surface area contributed by atoms with Crippen molar-refractivity contribution < 1.29 is 98.7 Å². The lowest BCUT2D eigenvalue weighted by atomic mass is 9.84. The fourth-order valence-electron chi connectivity index (χ4n) is 8.41. The average Bonchev–Trinajstić information content (AvgIpc) is 3.83. The molecular weight excluding hydrogens is 1140 g/mol. The van der Waals surface area contributed by atoms with Gasteiger partial charge in [-0.05, 0) is 75.4 Å². The first-order valence-electron chi connectivity index (χ1n) is 22.5. The van der Waals surface area contributed by atoms with Crippen LogP contribution >= 0.6 is 7.82 Å². The minimum absolute atomic E-state index is 0.0731. The van der Waals surface area contributed by atoms with Gasteiger partial charge in [0.15, 0.2) is 21.3 Å². The number of rotatable bonds is 16. The third kappa shape index (κ3) is 12.7. The van der Waals surface area contributed by atoms with Crippen molar-refractivity contribution in [1.82, 2.24) is 35.2 Å². The maximum absolute atomic E-state index is 15.8. The monoisotopic (exact) mass is 1180 g/mol. The van der Waals surface area contributed by atoms with Gasteiger partial charge in [0.1, 0.15) is 52.8 Å². The minimum Gasteiger partial charge on any atom is -0.422 e. The van der Waals surface area contributed by atoms with Crippen LogP contribution in [0.3, 0.4) is 0 Å². The molecule has 3 amide bonds. The van der Waals surface area contributed by atoms with Gasteiger partial charge in [-0.25, -0.2) is 44.5 Å². The number of alkyl halides is 8. The number of benzene rings is 2. The van der Waals surface area contributed by atoms with Gasteiger partial charge in [-0.3, -0.25) is 19.0 Å². The van der Waals surface area contributed by atoms with E-state index in [1.807, 2.05) is 5.32 Å². The van der Waals surface area contributed by atoms with Crippen LogP contribution in [0, 0.1) is 48.2 Å². The Balaban J connectivity index is 1.45. The van der Waals surface area contributed by atoms with Crippen molar-refractivity contribution in [3.8, 4) is 34.8 Å². The van der Waals surface area contributed by atoms with Crippen LogP contribution in [0.5, 0.6) is 0 Å². The van der Waals surface area contributed by atoms with Crippen molar-refractivity contribution in [2.75, 3.05) is 23.6 Å². The first kappa shape index (κ1) is 59.6. The number of nitrogens with zero attached hydrogens (tertiary/aromatic N) is 6. The van der Waals surface area contributed by atoms with E-state index in [9.17, 15) is 70.9 Å². The Morgan fingerprint density at radius 3 is 2.13 bits per heavy atom. The molecule has 79 heavy (non-hydrogen) atoms. The molecule has 5 aromatic rings. The van der Waals surface area contributed by atoms with Gasteiger partial charge in [-0.2, -0.15) is 49.6 Å². The number of fused-ring (bicyclic) bond motifs is 4. The highest BCUT2D eigenvalue weighted by Crippen LogP contribution is 2.58. The lowest BCUT2D eigenvalue weighted by Crippen LogP contribution is -2.49. The van der Waals surface area contributed by atoms with Gasteiger partial charge >= 0.3 is 32.2 Å². The second kappa shape index (κ2) is 20.9. The highest BCUT2D eigenvalue weighted by Gasteiger charge is 2.62. The fraction of sp³-hybridized carbons (Fsp3) is 0.391. The number of nitrogens with one attached hydrogen (secondary N) is 2. The van der Waals surface area contributed by atoms with E-state index in [2.05, 4.69) is 53.4 Å². The number of halogens is 10. The molecule has 0 saturated carbocycles. The van der Waals surface area contributed by atoms with Gasteiger partial charge in [0.05, 0.1) is 29.4 Å². The van der Waals surface area contributed by atoms with E-state index in [1.165, 1.54) is 26.8 Å². The Morgan fingerprint density at radius 1 is 0.937 bits per heavy atom. The third-order valence-electron chi connectivity index (χ3n) is 12.2. The van der Waals surface area contributed by atoms with Crippen LogP contribution in [0.25, 0.3) is 22.0 Å². The van der Waals surface area contributed by atoms with Gasteiger partial charge in [-0.15, -0.1) is 0 Å². The smallest absolute Gasteiger partial charge is 0.422 e. The van der Waals surface area contributed by atoms with Gasteiger partial charge in [0, 0.05) is 34.4 Å². The number of pyridine rings is 1. The van der Waals surface area contributed by atoms with Gasteiger partial charge in [0.2, 0.25) is 22.7 Å². The first-order chi connectivity index (χ1) is 36.2. The second-order valence-corrected chi connectivity index (χ2v) is 24.2. The fourth-order valence-corrected chi connectivity index (χ4v) is 9.77. The number of aromatic nitrogens is 5. The topological polar surface area (TPSA) is 271 Å². The number of carbonyl (C=O) groups excluding carboxylic acids is 3. The molecule has 33 heteroatoms. The molecule has 2 aliphatic rings. The van der Waals surface area contributed by atoms with E-state index in [1.54, 1.807) is 0 Å². The van der Waals surface area contributed by atoms with Crippen LogP contribution in [-0.4, -0.2) is 105 Å². The number of sulfone groups is 1. The number of hydrogen-bond donors (Lipinski definition) is 4. The summed E-state index contributed by atoms with van der Waals surface area (Å²) in [6, 6.07) is 2.70. The van der Waals surface area contributed by atoms with Crippen molar-refractivity contribution in [1.29, 1.82) is 0 Å². The maximum Gasteiger partial charge on any atom is 0.472 e. The SMILES string of the molecule is Cc1ccc(-c2ccc(C#CC(C)(C)S(C)(=O)=O)nc2[C@H](Cc2cc(F)cc(F)c2)NC(=O)Cn2nc(C(F)(F)F)c3c2C(F)(F)[C@@H]2C#C[C@H]32)c2c1c(N(C(=O)[C@H](C)NC(=O)OCOP(=O)(O)O)S(C)(=O)=O)nn2CC(F)(F)F. The number of carbonyl (C=O) groups is 3. The van der Waals surface area contributed by atoms with Crippen LogP contribution < -0.4 is 14.9 Å². The van der Waals surface area contributed by atoms with Crippen molar-refractivity contribution >= 4 is 62.3 Å². The van der Waals surface area contributed by atoms with E-state index >= 15 is 8.78 Å². The number of alkyl carbamates (subject to hydrolysis) is 1. The summed E-state index contributed by atoms with van der Waals surface area (Å²) in [5, 5.41) is 11.0. The number of ether oxygens (including phenoxy) is 1. The molecule has 3 heterocycles. The molecule has 3 aromatic heterocycles. The predicted molar refractivity (Wildman–Crippen MR) is 255 cm³/mol. The number of phosphoric ester groups is 1. The molecule has 7 rings (SSSR count). The number of anilines is 1. The van der Waals surface area contributed by atoms with Crippen molar-refractivity contribution in [3.05, 3.63) is 93.6 Å². The summed E-state index contributed by atoms with van der Waals surface area (Å²) in [6.45, 7) is -0.272. The molecule has 0 radical (unpaired) electrons. The first-order valence-corrected chi connectivity index (χ1v) is 27.8. The number of amides is 3. The molecule has 20 nitrogen and oxygen atoms in total. The highest BCUT2D eigenvalue weighted by molar-refractivity contribution is 7.93. The Hall–Kier alpha value is -7.09. The summed E-state index contributed by atoms with van der Waals surface area (Å²) < 4.78 is 219. The number of aryl methyl sites for hydroxylation is 1. The standard InChI is InChI=1S/C46H41F10N8O12PS2/c1-22-7-9-29(37-34(22)40(61-63(37)20-44(49,50)51)64(79(6,73)74)41(66)23(2)57-42(67)75-21-76-77(68,69)70)28-10-8-27(13-14-43(3,4)78(5,71)72)58-36(28)32(17-24-15-25(47)18-26(48)16-24)59-33(65)19-62-39-35(38(60-62)46(54,55)56)30-11-12-31(30)45(39,52)53/h7-10,15-16,18,23,30-32H,17,19-21H2,1-6H3,(H,57,67)(H,59,65)(H2,68,69,70)/t23-,30-,31+,32-/m0/s1. The Bertz CT molecular complexity index is 3750. The van der Waals surface area contributed by atoms with Crippen LogP contribution in [0.4, 0.5) is 54.5 Å². The van der Waals surface area contributed by atoms with Crippen LogP contribution in [0.1, 0.15) is 72.2 Å². The molecule has 0 unspecified atom stereocenters. The molecule has 4 N–H and O–H groups in total. The van der Waals surface area contributed by atoms with E-state index in [0.717, 1.165) is 43.5 Å². The van der Waals surface area contributed by atoms with Gasteiger partial charge in [-0.1, -0.05) is 29.9 Å². The zero-order valence-corrected chi connectivity index (χ0v) is 43.9. The van der Waals surface area contributed by atoms with Crippen LogP contribution in [-0.2, 0) is 74.9 Å². The molecule has 424 valence electrons. The summed E-state index contributed by atoms with van der Waals surface area (Å²) in [5.41, 5.74) is -6.70. The van der Waals surface area contributed by atoms with Crippen LogP contribution in [0.2, 0.25) is 0 Å². The lowest BCUT2D eigenvalue weighted by molar-refractivity contribution is -0.143. The van der Waals surface area contributed by atoms with Crippen molar-refractivity contribution in [2.24, 2.45) is 5.92 Å². The average molecular weight is 1180 g/mol. The van der Waals surface area contributed by atoms with E-state index in [4.69, 9.17) is 9.79 Å². The zero-order valence-electron chi connectivity index (χ0n) is 41.4. The summed E-state index contributed by atoms with van der Waals surface area (Å²) in [7, 11) is -14.1. The zero-order chi connectivity index (χ0) is 58.9. The van der Waals surface area contributed by atoms with E-state index in [0.29, 0.717) is 12.3 Å².